The van der Waals surface area contributed by atoms with Gasteiger partial charge >= 0.3 is 0 Å². The number of fused-ring (bicyclic) bond motifs is 2. The van der Waals surface area contributed by atoms with Gasteiger partial charge in [-0.25, -0.2) is 4.21 Å². The van der Waals surface area contributed by atoms with Crippen LogP contribution in [0.3, 0.4) is 0 Å². The lowest BCUT2D eigenvalue weighted by Gasteiger charge is -2.43. The highest BCUT2D eigenvalue weighted by molar-refractivity contribution is 7.84. The SMILES string of the molecule is CC.CC(O)c1ccccn1.CCCc1cc(Cl)ccc1C1COc2ccc3cc2N(C1)CC1CCC1C(OC)/C=C/CC(C)C(C)S(=O)NC3=O. The summed E-state index contributed by atoms with van der Waals surface area (Å²) in [6.07, 6.45) is 10.7. The number of carbonyl (C=O) groups is 1. The summed E-state index contributed by atoms with van der Waals surface area (Å²) in [7, 11) is 0.296. The van der Waals surface area contributed by atoms with Gasteiger partial charge in [0.15, 0.2) is 0 Å². The number of aromatic nitrogens is 1. The minimum absolute atomic E-state index is 0.0478. The molecule has 2 bridgehead atoms. The molecule has 1 fully saturated rings. The smallest absolute Gasteiger partial charge is 0.263 e. The van der Waals surface area contributed by atoms with Crippen LogP contribution in [-0.2, 0) is 22.1 Å². The number of anilines is 1. The van der Waals surface area contributed by atoms with Crippen molar-refractivity contribution in [3.8, 4) is 5.75 Å². The van der Waals surface area contributed by atoms with Crippen LogP contribution in [-0.4, -0.2) is 58.4 Å². The van der Waals surface area contributed by atoms with Gasteiger partial charge in [-0.3, -0.25) is 14.5 Å². The summed E-state index contributed by atoms with van der Waals surface area (Å²) in [5, 5.41) is 9.53. The molecule has 52 heavy (non-hydrogen) atoms. The molecule has 3 aliphatic rings. The third-order valence-electron chi connectivity index (χ3n) is 10.4. The first-order valence-corrected chi connectivity index (χ1v) is 20.5. The average molecular weight is 752 g/mol. The Morgan fingerprint density at radius 1 is 1.12 bits per heavy atom. The van der Waals surface area contributed by atoms with Crippen molar-refractivity contribution in [1.29, 1.82) is 0 Å². The Bertz CT molecular complexity index is 1640. The Morgan fingerprint density at radius 3 is 2.54 bits per heavy atom. The minimum Gasteiger partial charge on any atom is -0.491 e. The Labute approximate surface area is 318 Å². The van der Waals surface area contributed by atoms with E-state index in [1.54, 1.807) is 32.4 Å². The molecule has 6 rings (SSSR count). The van der Waals surface area contributed by atoms with E-state index in [1.807, 2.05) is 51.1 Å². The molecule has 0 radical (unpaired) electrons. The van der Waals surface area contributed by atoms with Crippen LogP contribution in [0, 0.1) is 17.8 Å². The molecule has 2 N–H and O–H groups in total. The fourth-order valence-electron chi connectivity index (χ4n) is 7.08. The van der Waals surface area contributed by atoms with Gasteiger partial charge in [-0.05, 0) is 111 Å². The van der Waals surface area contributed by atoms with Gasteiger partial charge in [0.05, 0.1) is 35.4 Å². The van der Waals surface area contributed by atoms with E-state index >= 15 is 0 Å². The van der Waals surface area contributed by atoms with Crippen molar-refractivity contribution in [2.75, 3.05) is 31.7 Å². The van der Waals surface area contributed by atoms with Crippen LogP contribution >= 0.6 is 11.6 Å². The van der Waals surface area contributed by atoms with Crippen LogP contribution in [0.2, 0.25) is 5.02 Å². The number of pyridine rings is 1. The van der Waals surface area contributed by atoms with Crippen LogP contribution in [0.5, 0.6) is 5.75 Å². The molecule has 0 saturated heterocycles. The molecule has 1 saturated carbocycles. The summed E-state index contributed by atoms with van der Waals surface area (Å²) in [6, 6.07) is 17.3. The summed E-state index contributed by atoms with van der Waals surface area (Å²) >= 11 is 6.40. The number of methoxy groups -OCH3 is 1. The van der Waals surface area contributed by atoms with E-state index in [1.165, 1.54) is 11.1 Å². The molecule has 2 aliphatic heterocycles. The van der Waals surface area contributed by atoms with Crippen LogP contribution in [0.4, 0.5) is 5.69 Å². The van der Waals surface area contributed by atoms with E-state index in [2.05, 4.69) is 52.7 Å². The number of hydrogen-bond acceptors (Lipinski definition) is 7. The highest BCUT2D eigenvalue weighted by atomic mass is 35.5. The van der Waals surface area contributed by atoms with Crippen LogP contribution in [0.25, 0.3) is 0 Å². The predicted octanol–water partition coefficient (Wildman–Crippen LogP) is 8.86. The molecule has 3 heterocycles. The highest BCUT2D eigenvalue weighted by Crippen LogP contribution is 2.43. The third kappa shape index (κ3) is 10.7. The molecular weight excluding hydrogens is 694 g/mol. The molecule has 1 amide bonds. The topological polar surface area (TPSA) is 101 Å². The van der Waals surface area contributed by atoms with Crippen molar-refractivity contribution in [2.24, 2.45) is 17.8 Å². The average Bonchev–Trinajstić information content (AvgIpc) is 3.32. The van der Waals surface area contributed by atoms with Crippen molar-refractivity contribution in [2.45, 2.75) is 97.0 Å². The van der Waals surface area contributed by atoms with Crippen molar-refractivity contribution < 1.29 is 23.6 Å². The summed E-state index contributed by atoms with van der Waals surface area (Å²) in [5.74, 6) is 1.64. The van der Waals surface area contributed by atoms with E-state index in [0.29, 0.717) is 24.0 Å². The molecule has 0 spiro atoms. The molecule has 1 aliphatic carbocycles. The predicted molar refractivity (Wildman–Crippen MR) is 214 cm³/mol. The normalized spacial score (nSPS) is 27.0. The molecule has 2 aromatic carbocycles. The Morgan fingerprint density at radius 2 is 1.90 bits per heavy atom. The number of carbonyl (C=O) groups excluding carboxylic acids is 1. The van der Waals surface area contributed by atoms with Gasteiger partial charge in [0.2, 0.25) is 0 Å². The zero-order valence-corrected chi connectivity index (χ0v) is 33.5. The summed E-state index contributed by atoms with van der Waals surface area (Å²) in [4.78, 5) is 19.6. The Hall–Kier alpha value is -3.24. The monoisotopic (exact) mass is 751 g/mol. The second-order valence-corrected chi connectivity index (χ2v) is 15.9. The van der Waals surface area contributed by atoms with Gasteiger partial charge in [-0.1, -0.05) is 70.0 Å². The van der Waals surface area contributed by atoms with Crippen LogP contribution in [0.15, 0.2) is 72.9 Å². The third-order valence-corrected chi connectivity index (χ3v) is 12.2. The number of aliphatic hydroxyl groups is 1. The van der Waals surface area contributed by atoms with Crippen molar-refractivity contribution in [3.63, 3.8) is 0 Å². The van der Waals surface area contributed by atoms with E-state index < -0.39 is 17.1 Å². The van der Waals surface area contributed by atoms with Crippen LogP contribution < -0.4 is 14.4 Å². The molecular formula is C42H58ClN3O5S. The second kappa shape index (κ2) is 20.3. The molecule has 10 heteroatoms. The first kappa shape index (κ1) is 41.5. The maximum absolute atomic E-state index is 13.3. The van der Waals surface area contributed by atoms with Crippen molar-refractivity contribution >= 4 is 34.2 Å². The van der Waals surface area contributed by atoms with Gasteiger partial charge in [-0.2, -0.15) is 0 Å². The quantitative estimate of drug-likeness (QED) is 0.251. The van der Waals surface area contributed by atoms with Crippen LogP contribution in [0.1, 0.15) is 106 Å². The number of benzene rings is 2. The van der Waals surface area contributed by atoms with E-state index in [4.69, 9.17) is 26.2 Å². The zero-order chi connectivity index (χ0) is 37.8. The number of aryl methyl sites for hydroxylation is 1. The molecule has 8 nitrogen and oxygen atoms in total. The number of ether oxygens (including phenoxy) is 2. The maximum atomic E-state index is 13.3. The molecule has 8 atom stereocenters. The van der Waals surface area contributed by atoms with Crippen molar-refractivity contribution in [3.05, 3.63) is 100 Å². The number of nitrogens with zero attached hydrogens (tertiary/aromatic N) is 2. The van der Waals surface area contributed by atoms with Gasteiger partial charge in [0.1, 0.15) is 16.7 Å². The Balaban J connectivity index is 0.000000475. The Kier molecular flexibility index (Phi) is 16.2. The lowest BCUT2D eigenvalue weighted by molar-refractivity contribution is 0.0134. The second-order valence-electron chi connectivity index (χ2n) is 13.9. The van der Waals surface area contributed by atoms with E-state index in [0.717, 1.165) is 67.3 Å². The summed E-state index contributed by atoms with van der Waals surface area (Å²) in [6.45, 7) is 14.1. The fourth-order valence-corrected chi connectivity index (χ4v) is 8.30. The number of halogens is 1. The largest absolute Gasteiger partial charge is 0.491 e. The van der Waals surface area contributed by atoms with Gasteiger partial charge in [0.25, 0.3) is 5.91 Å². The standard InChI is InChI=1S/C33H43ClN2O4S.C7H9NO.C2H6/c1-5-7-23-16-27(34)12-14-28(23)26-19-36-18-25-10-13-29(25)31(39-4)9-6-8-21(2)22(3)41(38)35-33(37)24-11-15-32(40-20-26)30(36)17-24;1-6(9)7-4-2-3-5-8-7;1-2/h6,9,11-12,14-17,21-22,25-26,29,31H,5,7-8,10,13,18-20H2,1-4H3,(H,35,37);2-6,9H,1H3;1-2H3/b9-6+;;. The molecule has 8 unspecified atom stereocenters. The number of rotatable bonds is 5. The minimum atomic E-state index is -1.50. The van der Waals surface area contributed by atoms with Gasteiger partial charge in [0, 0.05) is 42.9 Å². The summed E-state index contributed by atoms with van der Waals surface area (Å²) in [5.41, 5.74) is 4.67. The number of allylic oxidation sites excluding steroid dienone is 1. The molecule has 1 aromatic heterocycles. The van der Waals surface area contributed by atoms with Gasteiger partial charge < -0.3 is 19.5 Å². The summed E-state index contributed by atoms with van der Waals surface area (Å²) < 4.78 is 28.3. The molecule has 284 valence electrons. The van der Waals surface area contributed by atoms with Gasteiger partial charge in [-0.15, -0.1) is 0 Å². The van der Waals surface area contributed by atoms with E-state index in [-0.39, 0.29) is 29.1 Å². The van der Waals surface area contributed by atoms with E-state index in [9.17, 15) is 9.00 Å². The lowest BCUT2D eigenvalue weighted by atomic mass is 9.70. The number of nitrogens with one attached hydrogen (secondary N) is 1. The zero-order valence-electron chi connectivity index (χ0n) is 31.9. The first-order chi connectivity index (χ1) is 25.1. The highest BCUT2D eigenvalue weighted by Gasteiger charge is 2.39. The number of amides is 1. The van der Waals surface area contributed by atoms with Crippen molar-refractivity contribution in [1.82, 2.24) is 9.71 Å². The lowest BCUT2D eigenvalue weighted by Crippen LogP contribution is -2.44. The first-order valence-electron chi connectivity index (χ1n) is 18.9. The number of hydrogen-bond donors (Lipinski definition) is 2. The number of aliphatic hydroxyl groups excluding tert-OH is 1. The fraction of sp³-hybridized carbons (Fsp3) is 0.524. The molecule has 3 aromatic rings. The maximum Gasteiger partial charge on any atom is 0.263 e.